The van der Waals surface area contributed by atoms with E-state index in [1.807, 2.05) is 6.92 Å². The van der Waals surface area contributed by atoms with Crippen molar-refractivity contribution in [3.63, 3.8) is 0 Å². The van der Waals surface area contributed by atoms with Gasteiger partial charge in [-0.2, -0.15) is 0 Å². The summed E-state index contributed by atoms with van der Waals surface area (Å²) in [6.07, 6.45) is 1.25. The van der Waals surface area contributed by atoms with Gasteiger partial charge in [-0.3, -0.25) is 9.52 Å². The number of amides is 1. The molecule has 0 spiro atoms. The highest BCUT2D eigenvalue weighted by molar-refractivity contribution is 7.93. The monoisotopic (exact) mass is 394 g/mol. The molecule has 26 heavy (non-hydrogen) atoms. The van der Waals surface area contributed by atoms with Gasteiger partial charge in [0, 0.05) is 5.02 Å². The van der Waals surface area contributed by atoms with Crippen molar-refractivity contribution in [3.8, 4) is 5.75 Å². The third kappa shape index (κ3) is 4.28. The van der Waals surface area contributed by atoms with Gasteiger partial charge in [0.05, 0.1) is 28.8 Å². The summed E-state index contributed by atoms with van der Waals surface area (Å²) in [5, 5.41) is 2.69. The van der Waals surface area contributed by atoms with Crippen molar-refractivity contribution >= 4 is 38.9 Å². The molecule has 8 heteroatoms. The Morgan fingerprint density at radius 2 is 1.92 bits per heavy atom. The normalized spacial score (nSPS) is 13.9. The van der Waals surface area contributed by atoms with E-state index in [1.54, 1.807) is 30.3 Å². The summed E-state index contributed by atoms with van der Waals surface area (Å²) in [6, 6.07) is 11.5. The highest BCUT2D eigenvalue weighted by Crippen LogP contribution is 2.32. The van der Waals surface area contributed by atoms with E-state index in [0.717, 1.165) is 0 Å². The van der Waals surface area contributed by atoms with Gasteiger partial charge in [-0.25, -0.2) is 8.42 Å². The Kier molecular flexibility index (Phi) is 5.38. The number of hydrogen-bond donors (Lipinski definition) is 2. The van der Waals surface area contributed by atoms with Gasteiger partial charge in [0.25, 0.3) is 5.91 Å². The minimum absolute atomic E-state index is 0.163. The first-order valence-electron chi connectivity index (χ1n) is 8.25. The average molecular weight is 395 g/mol. The maximum Gasteiger partial charge on any atom is 0.257 e. The van der Waals surface area contributed by atoms with Gasteiger partial charge in [-0.1, -0.05) is 23.7 Å². The fourth-order valence-electron chi connectivity index (χ4n) is 2.45. The first kappa shape index (κ1) is 18.5. The molecule has 2 aromatic carbocycles. The molecule has 3 rings (SSSR count). The maximum atomic E-state index is 12.7. The van der Waals surface area contributed by atoms with Gasteiger partial charge in [-0.05, 0) is 50.1 Å². The molecule has 0 saturated heterocycles. The number of hydrogen-bond acceptors (Lipinski definition) is 4. The van der Waals surface area contributed by atoms with Crippen LogP contribution in [0.25, 0.3) is 0 Å². The molecule has 1 aliphatic rings. The van der Waals surface area contributed by atoms with Crippen molar-refractivity contribution < 1.29 is 17.9 Å². The van der Waals surface area contributed by atoms with Crippen LogP contribution in [0.4, 0.5) is 11.4 Å². The van der Waals surface area contributed by atoms with Crippen molar-refractivity contribution in [2.24, 2.45) is 0 Å². The number of halogens is 1. The quantitative estimate of drug-likeness (QED) is 0.746. The Hall–Kier alpha value is -2.25. The number of rotatable bonds is 7. The molecule has 0 aliphatic heterocycles. The van der Waals surface area contributed by atoms with Crippen LogP contribution in [-0.2, 0) is 10.0 Å². The van der Waals surface area contributed by atoms with E-state index in [2.05, 4.69) is 10.0 Å². The second-order valence-corrected chi connectivity index (χ2v) is 8.32. The zero-order chi connectivity index (χ0) is 18.7. The van der Waals surface area contributed by atoms with Crippen molar-refractivity contribution in [1.82, 2.24) is 0 Å². The number of benzene rings is 2. The Balaban J connectivity index is 1.88. The summed E-state index contributed by atoms with van der Waals surface area (Å²) < 4.78 is 32.5. The third-order valence-electron chi connectivity index (χ3n) is 3.88. The molecule has 6 nitrogen and oxygen atoms in total. The highest BCUT2D eigenvalue weighted by Gasteiger charge is 2.36. The van der Waals surface area contributed by atoms with Gasteiger partial charge >= 0.3 is 0 Å². The number of sulfonamides is 1. The molecule has 2 N–H and O–H groups in total. The van der Waals surface area contributed by atoms with Gasteiger partial charge < -0.3 is 10.1 Å². The largest absolute Gasteiger partial charge is 0.492 e. The summed E-state index contributed by atoms with van der Waals surface area (Å²) in [7, 11) is -3.52. The van der Waals surface area contributed by atoms with Gasteiger partial charge in [0.15, 0.2) is 0 Å². The highest BCUT2D eigenvalue weighted by atomic mass is 35.5. The molecule has 1 saturated carbocycles. The molecule has 0 radical (unpaired) electrons. The Labute approximate surface area is 157 Å². The summed E-state index contributed by atoms with van der Waals surface area (Å²) in [6.45, 7) is 2.31. The summed E-state index contributed by atoms with van der Waals surface area (Å²) in [5.41, 5.74) is 0.853. The van der Waals surface area contributed by atoms with E-state index >= 15 is 0 Å². The van der Waals surface area contributed by atoms with E-state index in [4.69, 9.17) is 16.3 Å². The van der Waals surface area contributed by atoms with E-state index in [-0.39, 0.29) is 11.3 Å². The average Bonchev–Trinajstić information content (AvgIpc) is 3.42. The molecule has 138 valence electrons. The van der Waals surface area contributed by atoms with Crippen LogP contribution >= 0.6 is 11.6 Å². The molecule has 1 fully saturated rings. The fraction of sp³-hybridized carbons (Fsp3) is 0.278. The van der Waals surface area contributed by atoms with Crippen LogP contribution in [-0.4, -0.2) is 26.2 Å². The second-order valence-electron chi connectivity index (χ2n) is 5.92. The number of carbonyl (C=O) groups excluding carboxylic acids is 1. The van der Waals surface area contributed by atoms with Crippen LogP contribution in [0.1, 0.15) is 30.1 Å². The van der Waals surface area contributed by atoms with Crippen LogP contribution in [0.15, 0.2) is 42.5 Å². The van der Waals surface area contributed by atoms with E-state index in [1.165, 1.54) is 12.1 Å². The topological polar surface area (TPSA) is 84.5 Å². The Morgan fingerprint density at radius 3 is 2.62 bits per heavy atom. The summed E-state index contributed by atoms with van der Waals surface area (Å²) >= 11 is 5.99. The van der Waals surface area contributed by atoms with E-state index in [0.29, 0.717) is 35.9 Å². The zero-order valence-electron chi connectivity index (χ0n) is 14.2. The molecule has 0 atom stereocenters. The van der Waals surface area contributed by atoms with Crippen LogP contribution in [0.2, 0.25) is 5.02 Å². The van der Waals surface area contributed by atoms with Crippen molar-refractivity contribution in [2.45, 2.75) is 25.0 Å². The van der Waals surface area contributed by atoms with Crippen molar-refractivity contribution in [2.75, 3.05) is 16.6 Å². The molecule has 0 bridgehead atoms. The molecule has 0 aromatic heterocycles. The SMILES string of the molecule is CCOc1ccccc1NC(=O)c1ccc(Cl)cc1NS(=O)(=O)C1CC1. The smallest absolute Gasteiger partial charge is 0.257 e. The van der Waals surface area contributed by atoms with Crippen LogP contribution in [0, 0.1) is 0 Å². The lowest BCUT2D eigenvalue weighted by atomic mass is 10.1. The van der Waals surface area contributed by atoms with Gasteiger partial charge in [0.2, 0.25) is 10.0 Å². The summed E-state index contributed by atoms with van der Waals surface area (Å²) in [5.74, 6) is 0.0831. The number of anilines is 2. The number of carbonyl (C=O) groups is 1. The lowest BCUT2D eigenvalue weighted by molar-refractivity contribution is 0.102. The fourth-order valence-corrected chi connectivity index (χ4v) is 4.03. The molecule has 2 aromatic rings. The van der Waals surface area contributed by atoms with Crippen molar-refractivity contribution in [3.05, 3.63) is 53.1 Å². The standard InChI is InChI=1S/C18H19ClN2O4S/c1-2-25-17-6-4-3-5-15(17)20-18(22)14-10-7-12(19)11-16(14)21-26(23,24)13-8-9-13/h3-7,10-11,13,21H,2,8-9H2,1H3,(H,20,22). The Morgan fingerprint density at radius 1 is 1.19 bits per heavy atom. The van der Waals surface area contributed by atoms with E-state index < -0.39 is 21.2 Å². The van der Waals surface area contributed by atoms with Gasteiger partial charge in [0.1, 0.15) is 5.75 Å². The predicted molar refractivity (Wildman–Crippen MR) is 103 cm³/mol. The zero-order valence-corrected chi connectivity index (χ0v) is 15.7. The first-order valence-corrected chi connectivity index (χ1v) is 10.2. The van der Waals surface area contributed by atoms with Crippen LogP contribution < -0.4 is 14.8 Å². The molecule has 1 amide bonds. The lowest BCUT2D eigenvalue weighted by Crippen LogP contribution is -2.21. The van der Waals surface area contributed by atoms with Crippen molar-refractivity contribution in [1.29, 1.82) is 0 Å². The molecule has 0 heterocycles. The van der Waals surface area contributed by atoms with E-state index in [9.17, 15) is 13.2 Å². The Bertz CT molecular complexity index is 927. The summed E-state index contributed by atoms with van der Waals surface area (Å²) in [4.78, 5) is 12.7. The van der Waals surface area contributed by atoms with Crippen LogP contribution in [0.3, 0.4) is 0 Å². The molecule has 0 unspecified atom stereocenters. The minimum Gasteiger partial charge on any atom is -0.492 e. The van der Waals surface area contributed by atoms with Gasteiger partial charge in [-0.15, -0.1) is 0 Å². The van der Waals surface area contributed by atoms with Crippen LogP contribution in [0.5, 0.6) is 5.75 Å². The lowest BCUT2D eigenvalue weighted by Gasteiger charge is -2.14. The molecule has 1 aliphatic carbocycles. The molecular weight excluding hydrogens is 376 g/mol. The molecular formula is C18H19ClN2O4S. The first-order chi connectivity index (χ1) is 12.4. The minimum atomic E-state index is -3.52. The second kappa shape index (κ2) is 7.55. The maximum absolute atomic E-state index is 12.7. The third-order valence-corrected chi connectivity index (χ3v) is 5.97. The number of ether oxygens (including phenoxy) is 1. The number of nitrogens with one attached hydrogen (secondary N) is 2. The number of para-hydroxylation sites is 2. The predicted octanol–water partition coefficient (Wildman–Crippen LogP) is 3.90.